The van der Waals surface area contributed by atoms with E-state index in [1.807, 2.05) is 48.5 Å². The Morgan fingerprint density at radius 2 is 0.696 bits per heavy atom. The van der Waals surface area contributed by atoms with Crippen molar-refractivity contribution in [2.24, 2.45) is 0 Å². The van der Waals surface area contributed by atoms with Crippen LogP contribution in [-0.4, -0.2) is 6.16 Å². The lowest BCUT2D eigenvalue weighted by molar-refractivity contribution is 0.152. The third kappa shape index (κ3) is 6.36. The van der Waals surface area contributed by atoms with E-state index in [9.17, 15) is 4.79 Å². The predicted molar refractivity (Wildman–Crippen MR) is 188 cm³/mol. The molecule has 228 valence electrons. The van der Waals surface area contributed by atoms with Gasteiger partial charge in [0.1, 0.15) is 11.5 Å². The average molecular weight is 603 g/mol. The minimum atomic E-state index is -0.788. The molecule has 6 aromatic rings. The van der Waals surface area contributed by atoms with Crippen LogP contribution in [-0.2, 0) is 10.8 Å². The quantitative estimate of drug-likeness (QED) is 0.128. The molecule has 0 unspecified atom stereocenters. The Bertz CT molecular complexity index is 1780. The van der Waals surface area contributed by atoms with Crippen LogP contribution in [0.3, 0.4) is 0 Å². The maximum absolute atomic E-state index is 13.2. The summed E-state index contributed by atoms with van der Waals surface area (Å²) in [5, 5.41) is 0. The highest BCUT2D eigenvalue weighted by atomic mass is 16.7. The summed E-state index contributed by atoms with van der Waals surface area (Å²) in [6.07, 6.45) is -0.788. The number of benzene rings is 6. The molecule has 6 rings (SSSR count). The van der Waals surface area contributed by atoms with E-state index in [0.717, 1.165) is 22.3 Å². The van der Waals surface area contributed by atoms with E-state index >= 15 is 0 Å². The van der Waals surface area contributed by atoms with E-state index in [4.69, 9.17) is 9.47 Å². The van der Waals surface area contributed by atoms with Crippen LogP contribution in [0.2, 0.25) is 0 Å². The normalized spacial score (nSPS) is 11.6. The van der Waals surface area contributed by atoms with Crippen molar-refractivity contribution < 1.29 is 14.3 Å². The highest BCUT2D eigenvalue weighted by molar-refractivity contribution is 5.78. The zero-order valence-electron chi connectivity index (χ0n) is 26.7. The zero-order valence-corrected chi connectivity index (χ0v) is 26.7. The summed E-state index contributed by atoms with van der Waals surface area (Å²) in [7, 11) is 0. The fraction of sp³-hybridized carbons (Fsp3) is 0.140. The van der Waals surface area contributed by atoms with Gasteiger partial charge >= 0.3 is 6.16 Å². The van der Waals surface area contributed by atoms with Gasteiger partial charge < -0.3 is 9.47 Å². The number of hydrogen-bond acceptors (Lipinski definition) is 3. The molecule has 0 N–H and O–H groups in total. The van der Waals surface area contributed by atoms with E-state index in [1.54, 1.807) is 12.1 Å². The van der Waals surface area contributed by atoms with E-state index < -0.39 is 6.16 Å². The maximum Gasteiger partial charge on any atom is 0.519 e. The second-order valence-corrected chi connectivity index (χ2v) is 12.6. The van der Waals surface area contributed by atoms with Gasteiger partial charge in [-0.1, -0.05) is 173 Å². The Balaban J connectivity index is 1.19. The first kappa shape index (κ1) is 30.6. The zero-order chi connectivity index (χ0) is 32.1. The van der Waals surface area contributed by atoms with Crippen LogP contribution in [0, 0.1) is 0 Å². The molecule has 0 radical (unpaired) electrons. The van der Waals surface area contributed by atoms with Gasteiger partial charge in [0, 0.05) is 22.0 Å². The molecule has 3 heteroatoms. The van der Waals surface area contributed by atoms with Gasteiger partial charge in [0.15, 0.2) is 0 Å². The molecule has 0 aliphatic carbocycles. The first-order valence-electron chi connectivity index (χ1n) is 15.6. The highest BCUT2D eigenvalue weighted by Gasteiger charge is 2.24. The Morgan fingerprint density at radius 1 is 0.391 bits per heavy atom. The number of para-hydroxylation sites is 2. The lowest BCUT2D eigenvalue weighted by atomic mass is 9.78. The van der Waals surface area contributed by atoms with Crippen molar-refractivity contribution in [2.75, 3.05) is 0 Å². The van der Waals surface area contributed by atoms with Gasteiger partial charge in [-0.3, -0.25) is 0 Å². The molecule has 46 heavy (non-hydrogen) atoms. The van der Waals surface area contributed by atoms with E-state index in [2.05, 4.69) is 125 Å². The Morgan fingerprint density at radius 3 is 1.07 bits per heavy atom. The maximum atomic E-state index is 13.2. The Kier molecular flexibility index (Phi) is 8.59. The topological polar surface area (TPSA) is 35.5 Å². The number of carbonyl (C=O) groups excluding carboxylic acids is 1. The number of carbonyl (C=O) groups is 1. The predicted octanol–water partition coefficient (Wildman–Crippen LogP) is 11.3. The summed E-state index contributed by atoms with van der Waals surface area (Å²) in [6.45, 7) is 8.90. The van der Waals surface area contributed by atoms with Crippen molar-refractivity contribution in [1.82, 2.24) is 0 Å². The van der Waals surface area contributed by atoms with E-state index in [1.165, 1.54) is 22.3 Å². The third-order valence-electron chi connectivity index (χ3n) is 8.99. The smallest absolute Gasteiger partial charge is 0.394 e. The molecule has 0 amide bonds. The van der Waals surface area contributed by atoms with Crippen LogP contribution >= 0.6 is 0 Å². The summed E-state index contributed by atoms with van der Waals surface area (Å²) >= 11 is 0. The lowest BCUT2D eigenvalue weighted by Crippen LogP contribution is -2.18. The SMILES string of the molecule is CC(C)(c1ccccc1)c1ccc(-c2ccccc2OC(=O)Oc2ccccc2-c2ccc(C(C)(C)c3ccccc3)cc2)cc1. The second kappa shape index (κ2) is 12.9. The molecule has 0 aliphatic heterocycles. The highest BCUT2D eigenvalue weighted by Crippen LogP contribution is 2.37. The monoisotopic (exact) mass is 602 g/mol. The minimum Gasteiger partial charge on any atom is -0.394 e. The molecule has 0 fully saturated rings. The van der Waals surface area contributed by atoms with Gasteiger partial charge in [-0.15, -0.1) is 0 Å². The molecule has 3 nitrogen and oxygen atoms in total. The fourth-order valence-electron chi connectivity index (χ4n) is 5.96. The third-order valence-corrected chi connectivity index (χ3v) is 8.99. The molecular formula is C43H38O3. The summed E-state index contributed by atoms with van der Waals surface area (Å²) in [5.41, 5.74) is 8.15. The Labute approximate surface area is 272 Å². The number of hydrogen-bond donors (Lipinski definition) is 0. The van der Waals surface area contributed by atoms with Crippen LogP contribution in [0.25, 0.3) is 22.3 Å². The van der Waals surface area contributed by atoms with Gasteiger partial charge in [0.2, 0.25) is 0 Å². The molecule has 0 atom stereocenters. The van der Waals surface area contributed by atoms with Crippen molar-refractivity contribution in [1.29, 1.82) is 0 Å². The summed E-state index contributed by atoms with van der Waals surface area (Å²) in [5.74, 6) is 0.875. The second-order valence-electron chi connectivity index (χ2n) is 12.6. The molecule has 0 saturated carbocycles. The van der Waals surface area contributed by atoms with Crippen LogP contribution in [0.5, 0.6) is 11.5 Å². The molecule has 0 spiro atoms. The van der Waals surface area contributed by atoms with Gasteiger partial charge in [0.25, 0.3) is 0 Å². The lowest BCUT2D eigenvalue weighted by Gasteiger charge is -2.26. The van der Waals surface area contributed by atoms with Gasteiger partial charge in [-0.2, -0.15) is 0 Å². The Hall–Kier alpha value is -5.41. The molecule has 0 aromatic heterocycles. The molecule has 0 bridgehead atoms. The van der Waals surface area contributed by atoms with Crippen LogP contribution in [0.1, 0.15) is 49.9 Å². The fourth-order valence-corrected chi connectivity index (χ4v) is 5.96. The van der Waals surface area contributed by atoms with E-state index in [0.29, 0.717) is 11.5 Å². The first-order valence-corrected chi connectivity index (χ1v) is 15.6. The minimum absolute atomic E-state index is 0.147. The molecular weight excluding hydrogens is 564 g/mol. The van der Waals surface area contributed by atoms with Crippen molar-refractivity contribution in [3.63, 3.8) is 0 Å². The van der Waals surface area contributed by atoms with Crippen molar-refractivity contribution >= 4 is 6.16 Å². The summed E-state index contributed by atoms with van der Waals surface area (Å²) < 4.78 is 11.6. The van der Waals surface area contributed by atoms with Crippen LogP contribution < -0.4 is 9.47 Å². The van der Waals surface area contributed by atoms with Crippen molar-refractivity contribution in [2.45, 2.75) is 38.5 Å². The molecule has 0 heterocycles. The number of ether oxygens (including phenoxy) is 2. The van der Waals surface area contributed by atoms with Gasteiger partial charge in [0.05, 0.1) is 0 Å². The molecule has 0 aliphatic rings. The summed E-state index contributed by atoms with van der Waals surface area (Å²) in [4.78, 5) is 13.2. The average Bonchev–Trinajstić information content (AvgIpc) is 3.09. The molecule has 0 saturated heterocycles. The largest absolute Gasteiger partial charge is 0.519 e. The molecule has 6 aromatic carbocycles. The first-order chi connectivity index (χ1) is 22.2. The van der Waals surface area contributed by atoms with E-state index in [-0.39, 0.29) is 10.8 Å². The standard InChI is InChI=1S/C43H38O3/c1-42(2,33-15-7-5-8-16-33)35-27-23-31(24-28-35)37-19-11-13-21-39(37)45-41(44)46-40-22-14-12-20-38(40)32-25-29-36(30-26-32)43(3,4)34-17-9-6-10-18-34/h5-30H,1-4H3. The van der Waals surface area contributed by atoms with Gasteiger partial charge in [-0.05, 0) is 45.5 Å². The van der Waals surface area contributed by atoms with Crippen molar-refractivity contribution in [3.05, 3.63) is 180 Å². The van der Waals surface area contributed by atoms with Crippen LogP contribution in [0.4, 0.5) is 4.79 Å². The summed E-state index contributed by atoms with van der Waals surface area (Å²) in [6, 6.07) is 52.9. The van der Waals surface area contributed by atoms with Crippen molar-refractivity contribution in [3.8, 4) is 33.8 Å². The van der Waals surface area contributed by atoms with Crippen LogP contribution in [0.15, 0.2) is 158 Å². The number of rotatable bonds is 8. The van der Waals surface area contributed by atoms with Gasteiger partial charge in [-0.25, -0.2) is 4.79 Å².